The van der Waals surface area contributed by atoms with Crippen molar-refractivity contribution < 1.29 is 22.8 Å². The SMILES string of the molecule is CC(C)(C)c1cc(-c2ccc(C(F)(F)F)cc2)nn2cc(C(=O)N3CCN(C4=CCN=C4)C(=O)C3(C)C)nc12. The smallest absolute Gasteiger partial charge is 0.321 e. The minimum atomic E-state index is -4.44. The molecule has 3 aromatic rings. The molecule has 39 heavy (non-hydrogen) atoms. The van der Waals surface area contributed by atoms with Crippen LogP contribution < -0.4 is 0 Å². The number of allylic oxidation sites excluding steroid dienone is 1. The highest BCUT2D eigenvalue weighted by molar-refractivity contribution is 6.01. The van der Waals surface area contributed by atoms with Gasteiger partial charge in [-0.25, -0.2) is 9.50 Å². The summed E-state index contributed by atoms with van der Waals surface area (Å²) in [6.45, 7) is 10.6. The number of carbonyl (C=O) groups is 2. The number of piperazine rings is 1. The first-order valence-corrected chi connectivity index (χ1v) is 12.6. The third kappa shape index (κ3) is 4.70. The monoisotopic (exact) mass is 538 g/mol. The van der Waals surface area contributed by atoms with Crippen LogP contribution in [0.2, 0.25) is 0 Å². The fourth-order valence-electron chi connectivity index (χ4n) is 4.90. The molecule has 1 fully saturated rings. The van der Waals surface area contributed by atoms with Crippen molar-refractivity contribution >= 4 is 23.7 Å². The molecule has 0 radical (unpaired) electrons. The molecule has 2 amide bonds. The molecule has 11 heteroatoms. The molecule has 0 saturated carbocycles. The van der Waals surface area contributed by atoms with E-state index in [-0.39, 0.29) is 11.6 Å². The molecular weight excluding hydrogens is 509 g/mol. The molecule has 0 aliphatic carbocycles. The van der Waals surface area contributed by atoms with Gasteiger partial charge in [-0.2, -0.15) is 18.3 Å². The summed E-state index contributed by atoms with van der Waals surface area (Å²) in [7, 11) is 0. The van der Waals surface area contributed by atoms with Gasteiger partial charge in [-0.05, 0) is 43.5 Å². The van der Waals surface area contributed by atoms with Crippen molar-refractivity contribution in [3.8, 4) is 11.3 Å². The van der Waals surface area contributed by atoms with Crippen molar-refractivity contribution in [2.45, 2.75) is 51.7 Å². The number of fused-ring (bicyclic) bond motifs is 1. The molecule has 204 valence electrons. The number of rotatable bonds is 3. The third-order valence-electron chi connectivity index (χ3n) is 7.14. The molecule has 4 heterocycles. The van der Waals surface area contributed by atoms with Crippen molar-refractivity contribution in [2.75, 3.05) is 19.6 Å². The average molecular weight is 539 g/mol. The summed E-state index contributed by atoms with van der Waals surface area (Å²) in [6, 6.07) is 6.59. The van der Waals surface area contributed by atoms with Gasteiger partial charge in [0.15, 0.2) is 5.65 Å². The zero-order valence-corrected chi connectivity index (χ0v) is 22.4. The summed E-state index contributed by atoms with van der Waals surface area (Å²) in [5.74, 6) is -0.605. The zero-order valence-electron chi connectivity index (χ0n) is 22.4. The van der Waals surface area contributed by atoms with Crippen LogP contribution in [0.3, 0.4) is 0 Å². The number of imidazole rings is 1. The summed E-state index contributed by atoms with van der Waals surface area (Å²) in [6.07, 6.45) is 0.622. The molecule has 2 aromatic heterocycles. The number of nitrogens with zero attached hydrogens (tertiary/aromatic N) is 6. The second-order valence-corrected chi connectivity index (χ2v) is 11.3. The zero-order chi connectivity index (χ0) is 28.3. The first-order valence-electron chi connectivity index (χ1n) is 12.6. The fourth-order valence-corrected chi connectivity index (χ4v) is 4.90. The van der Waals surface area contributed by atoms with Gasteiger partial charge < -0.3 is 9.80 Å². The Kier molecular flexibility index (Phi) is 6.15. The fraction of sp³-hybridized carbons (Fsp3) is 0.393. The molecular formula is C28H29F3N6O2. The van der Waals surface area contributed by atoms with Crippen molar-refractivity contribution in [1.29, 1.82) is 0 Å². The molecule has 0 spiro atoms. The topological polar surface area (TPSA) is 83.2 Å². The van der Waals surface area contributed by atoms with Crippen molar-refractivity contribution in [3.05, 3.63) is 65.1 Å². The first kappa shape index (κ1) is 26.6. The van der Waals surface area contributed by atoms with E-state index >= 15 is 0 Å². The predicted octanol–water partition coefficient (Wildman–Crippen LogP) is 4.74. The average Bonchev–Trinajstić information content (AvgIpc) is 3.54. The van der Waals surface area contributed by atoms with Crippen molar-refractivity contribution in [1.82, 2.24) is 24.4 Å². The van der Waals surface area contributed by atoms with Gasteiger partial charge in [0, 0.05) is 30.4 Å². The van der Waals surface area contributed by atoms with Gasteiger partial charge >= 0.3 is 6.18 Å². The quantitative estimate of drug-likeness (QED) is 0.482. The third-order valence-corrected chi connectivity index (χ3v) is 7.14. The van der Waals surface area contributed by atoms with Gasteiger partial charge in [-0.1, -0.05) is 32.9 Å². The second kappa shape index (κ2) is 9.03. The lowest BCUT2D eigenvalue weighted by Crippen LogP contribution is -2.64. The highest BCUT2D eigenvalue weighted by Gasteiger charge is 2.46. The number of amides is 2. The highest BCUT2D eigenvalue weighted by atomic mass is 19.4. The Labute approximate surface area is 223 Å². The molecule has 0 unspecified atom stereocenters. The van der Waals surface area contributed by atoms with E-state index in [2.05, 4.69) is 15.1 Å². The Morgan fingerprint density at radius 3 is 2.33 bits per heavy atom. The predicted molar refractivity (Wildman–Crippen MR) is 140 cm³/mol. The molecule has 0 atom stereocenters. The number of aromatic nitrogens is 3. The van der Waals surface area contributed by atoms with E-state index in [1.807, 2.05) is 26.8 Å². The lowest BCUT2D eigenvalue weighted by atomic mass is 9.87. The minimum Gasteiger partial charge on any atom is -0.321 e. The lowest BCUT2D eigenvalue weighted by molar-refractivity contribution is -0.143. The second-order valence-electron chi connectivity index (χ2n) is 11.3. The number of benzene rings is 1. The number of aliphatic imine (C=N–C) groups is 1. The maximum absolute atomic E-state index is 13.7. The summed E-state index contributed by atoms with van der Waals surface area (Å²) < 4.78 is 40.7. The van der Waals surface area contributed by atoms with Gasteiger partial charge in [0.2, 0.25) is 0 Å². The summed E-state index contributed by atoms with van der Waals surface area (Å²) in [4.78, 5) is 39.0. The van der Waals surface area contributed by atoms with Gasteiger partial charge in [0.25, 0.3) is 11.8 Å². The number of carbonyl (C=O) groups excluding carboxylic acids is 2. The molecule has 1 saturated heterocycles. The van der Waals surface area contributed by atoms with Gasteiger partial charge in [-0.15, -0.1) is 0 Å². The standard InChI is InChI=1S/C28H29F3N6O2/c1-26(2,3)20-14-21(17-6-8-18(9-7-17)28(29,30)31)34-37-16-22(33-23(20)37)24(38)36-13-12-35(19-10-11-32-15-19)25(39)27(36,4)5/h6-10,14-16H,11-13H2,1-5H3. The maximum Gasteiger partial charge on any atom is 0.416 e. The lowest BCUT2D eigenvalue weighted by Gasteiger charge is -2.45. The Morgan fingerprint density at radius 1 is 1.05 bits per heavy atom. The van der Waals surface area contributed by atoms with E-state index < -0.39 is 28.6 Å². The van der Waals surface area contributed by atoms with Crippen LogP contribution in [0.4, 0.5) is 13.2 Å². The van der Waals surface area contributed by atoms with E-state index in [1.54, 1.807) is 31.0 Å². The van der Waals surface area contributed by atoms with Crippen LogP contribution in [-0.2, 0) is 16.4 Å². The first-order chi connectivity index (χ1) is 18.2. The van der Waals surface area contributed by atoms with E-state index in [0.717, 1.165) is 23.4 Å². The number of hydrogen-bond donors (Lipinski definition) is 0. The van der Waals surface area contributed by atoms with Crippen LogP contribution in [0.5, 0.6) is 0 Å². The Balaban J connectivity index is 1.52. The molecule has 2 aliphatic rings. The van der Waals surface area contributed by atoms with Crippen LogP contribution in [0, 0.1) is 0 Å². The Hall–Kier alpha value is -4.02. The molecule has 2 aliphatic heterocycles. The highest BCUT2D eigenvalue weighted by Crippen LogP contribution is 2.34. The minimum absolute atomic E-state index is 0.133. The van der Waals surface area contributed by atoms with E-state index in [4.69, 9.17) is 0 Å². The normalized spacial score (nSPS) is 17.7. The van der Waals surface area contributed by atoms with Crippen molar-refractivity contribution in [3.63, 3.8) is 0 Å². The van der Waals surface area contributed by atoms with Crippen molar-refractivity contribution in [2.24, 2.45) is 4.99 Å². The van der Waals surface area contributed by atoms with Gasteiger partial charge in [-0.3, -0.25) is 14.6 Å². The van der Waals surface area contributed by atoms with Gasteiger partial charge in [0.05, 0.1) is 29.7 Å². The van der Waals surface area contributed by atoms with Crippen LogP contribution >= 0.6 is 0 Å². The molecule has 5 rings (SSSR count). The molecule has 8 nitrogen and oxygen atoms in total. The molecule has 0 bridgehead atoms. The Bertz CT molecular complexity index is 1530. The summed E-state index contributed by atoms with van der Waals surface area (Å²) >= 11 is 0. The molecule has 0 N–H and O–H groups in total. The number of hydrogen-bond acceptors (Lipinski definition) is 5. The van der Waals surface area contributed by atoms with Crippen LogP contribution in [0.15, 0.2) is 53.3 Å². The number of alkyl halides is 3. The molecule has 1 aromatic carbocycles. The van der Waals surface area contributed by atoms with E-state index in [0.29, 0.717) is 36.5 Å². The largest absolute Gasteiger partial charge is 0.416 e. The van der Waals surface area contributed by atoms with E-state index in [9.17, 15) is 22.8 Å². The van der Waals surface area contributed by atoms with Crippen LogP contribution in [-0.4, -0.2) is 67.6 Å². The number of halogens is 3. The summed E-state index contributed by atoms with van der Waals surface area (Å²) in [5, 5.41) is 4.58. The van der Waals surface area contributed by atoms with E-state index in [1.165, 1.54) is 27.7 Å². The van der Waals surface area contributed by atoms with Crippen LogP contribution in [0.25, 0.3) is 16.9 Å². The van der Waals surface area contributed by atoms with Gasteiger partial charge in [0.1, 0.15) is 11.2 Å². The van der Waals surface area contributed by atoms with Crippen LogP contribution in [0.1, 0.15) is 56.2 Å². The summed E-state index contributed by atoms with van der Waals surface area (Å²) in [5.41, 5.74) is 0.805. The maximum atomic E-state index is 13.7. The Morgan fingerprint density at radius 2 is 1.74 bits per heavy atom.